The van der Waals surface area contributed by atoms with Crippen molar-refractivity contribution in [2.24, 2.45) is 0 Å². The molecule has 17 rings (SSSR count). The van der Waals surface area contributed by atoms with Gasteiger partial charge in [-0.1, -0.05) is 243 Å². The molecule has 2 aliphatic heterocycles. The van der Waals surface area contributed by atoms with Crippen molar-refractivity contribution in [3.8, 4) is 55.6 Å². The van der Waals surface area contributed by atoms with Gasteiger partial charge in [0, 0.05) is 45.5 Å². The van der Waals surface area contributed by atoms with Crippen LogP contribution in [0.3, 0.4) is 0 Å². The van der Waals surface area contributed by atoms with Gasteiger partial charge in [0.25, 0.3) is 6.71 Å². The third-order valence-corrected chi connectivity index (χ3v) is 18.0. The van der Waals surface area contributed by atoms with Gasteiger partial charge < -0.3 is 14.7 Å². The van der Waals surface area contributed by atoms with Crippen LogP contribution in [0.25, 0.3) is 55.6 Å². The molecule has 0 saturated heterocycles. The lowest BCUT2D eigenvalue weighted by molar-refractivity contribution is 0.794. The smallest absolute Gasteiger partial charge is 0.252 e. The zero-order valence-corrected chi connectivity index (χ0v) is 45.4. The van der Waals surface area contributed by atoms with E-state index in [0.717, 1.165) is 51.2 Å². The van der Waals surface area contributed by atoms with Crippen LogP contribution >= 0.6 is 0 Å². The Morgan fingerprint density at radius 2 is 0.614 bits per heavy atom. The summed E-state index contributed by atoms with van der Waals surface area (Å²) in [6.45, 7) is -0.144. The van der Waals surface area contributed by atoms with Gasteiger partial charge in [-0.05, 0) is 167 Å². The van der Waals surface area contributed by atoms with Crippen LogP contribution in [0.2, 0.25) is 0 Å². The normalized spacial score (nSPS) is 13.3. The minimum absolute atomic E-state index is 0.144. The number of para-hydroxylation sites is 2. The van der Waals surface area contributed by atoms with Gasteiger partial charge in [0.05, 0.1) is 11.1 Å². The predicted molar refractivity (Wildman–Crippen MR) is 348 cm³/mol. The molecule has 1 spiro atoms. The average molecular weight is 1050 g/mol. The van der Waals surface area contributed by atoms with Gasteiger partial charge in [-0.15, -0.1) is 0 Å². The van der Waals surface area contributed by atoms with E-state index in [2.05, 4.69) is 330 Å². The molecule has 4 aliphatic rings. The quantitative estimate of drug-likeness (QED) is 0.140. The molecule has 0 N–H and O–H groups in total. The highest BCUT2D eigenvalue weighted by molar-refractivity contribution is 7.00. The molecule has 0 bridgehead atoms. The SMILES string of the molecule is c1ccc(-c2ccc(N3c4ccc(-c5ccccc5)cc4B4c5cc(-c6ccccc6)ccc5N(c5ccc6c(c5)-c5ccccc5C65c6ccccc6-c6ccccc65)c5cc(N(c6ccccc6)c6ccccc6)cc3c54)cc2)cc1. The Balaban J connectivity index is 0.975. The molecule has 0 unspecified atom stereocenters. The second kappa shape index (κ2) is 18.7. The first-order chi connectivity index (χ1) is 41.2. The summed E-state index contributed by atoms with van der Waals surface area (Å²) in [5, 5.41) is 0. The van der Waals surface area contributed by atoms with Crippen LogP contribution in [-0.4, -0.2) is 6.71 Å². The van der Waals surface area contributed by atoms with Crippen LogP contribution in [0.15, 0.2) is 315 Å². The lowest BCUT2D eigenvalue weighted by Crippen LogP contribution is -2.61. The number of hydrogen-bond acceptors (Lipinski definition) is 3. The molecule has 2 aliphatic carbocycles. The lowest BCUT2D eigenvalue weighted by atomic mass is 9.33. The van der Waals surface area contributed by atoms with E-state index in [-0.39, 0.29) is 6.71 Å². The van der Waals surface area contributed by atoms with Gasteiger partial charge in [0.2, 0.25) is 0 Å². The standard InChI is InChI=1S/C79H52BN3/c1-6-22-53(23-7-1)56-38-42-61(43-39-56)82-74-46-40-57(54-24-8-2-9-25-54)48-72(74)80-73-49-58(55-26-10-3-11-27-55)41-47-75(73)83(77-52-63(51-76(82)78(77)80)81(59-28-12-4-13-29-59)60-30-14-5-15-31-60)62-44-45-71-67(50-62)66-34-18-21-37-70(66)79(71)68-35-19-16-32-64(68)65-33-17-20-36-69(65)79/h1-52H. The summed E-state index contributed by atoms with van der Waals surface area (Å²) in [7, 11) is 0. The zero-order chi connectivity index (χ0) is 54.6. The predicted octanol–water partition coefficient (Wildman–Crippen LogP) is 18.6. The van der Waals surface area contributed by atoms with E-state index in [1.54, 1.807) is 0 Å². The second-order valence-electron chi connectivity index (χ2n) is 22.3. The minimum Gasteiger partial charge on any atom is -0.311 e. The van der Waals surface area contributed by atoms with E-state index in [0.29, 0.717) is 0 Å². The number of nitrogens with zero attached hydrogens (tertiary/aromatic N) is 3. The monoisotopic (exact) mass is 1050 g/mol. The number of rotatable bonds is 8. The zero-order valence-electron chi connectivity index (χ0n) is 45.4. The Kier molecular flexibility index (Phi) is 10.6. The van der Waals surface area contributed by atoms with E-state index < -0.39 is 5.41 Å². The van der Waals surface area contributed by atoms with Crippen molar-refractivity contribution in [2.75, 3.05) is 14.7 Å². The summed E-state index contributed by atoms with van der Waals surface area (Å²) < 4.78 is 0. The summed E-state index contributed by atoms with van der Waals surface area (Å²) in [6, 6.07) is 118. The first-order valence-electron chi connectivity index (χ1n) is 28.9. The summed E-state index contributed by atoms with van der Waals surface area (Å²) in [4.78, 5) is 7.58. The van der Waals surface area contributed by atoms with Crippen molar-refractivity contribution in [1.82, 2.24) is 0 Å². The molecular weight excluding hydrogens is 1000 g/mol. The van der Waals surface area contributed by atoms with Crippen molar-refractivity contribution in [3.05, 3.63) is 338 Å². The molecule has 3 nitrogen and oxygen atoms in total. The molecule has 0 aromatic heterocycles. The molecule has 0 amide bonds. The Hall–Kier alpha value is -10.7. The minimum atomic E-state index is -0.463. The highest BCUT2D eigenvalue weighted by Gasteiger charge is 2.52. The van der Waals surface area contributed by atoms with E-state index >= 15 is 0 Å². The van der Waals surface area contributed by atoms with E-state index in [4.69, 9.17) is 0 Å². The molecule has 2 heterocycles. The first-order valence-corrected chi connectivity index (χ1v) is 28.9. The van der Waals surface area contributed by atoms with Gasteiger partial charge in [0.1, 0.15) is 0 Å². The summed E-state index contributed by atoms with van der Waals surface area (Å²) in [6.07, 6.45) is 0. The van der Waals surface area contributed by atoms with Crippen LogP contribution in [0.1, 0.15) is 22.3 Å². The Morgan fingerprint density at radius 1 is 0.253 bits per heavy atom. The maximum absolute atomic E-state index is 2.60. The van der Waals surface area contributed by atoms with E-state index in [9.17, 15) is 0 Å². The molecule has 13 aromatic carbocycles. The summed E-state index contributed by atoms with van der Waals surface area (Å²) in [5.74, 6) is 0. The Bertz CT molecular complexity index is 4590. The molecule has 4 heteroatoms. The Morgan fingerprint density at radius 3 is 1.10 bits per heavy atom. The van der Waals surface area contributed by atoms with Crippen LogP contribution in [0.5, 0.6) is 0 Å². The van der Waals surface area contributed by atoms with Crippen molar-refractivity contribution < 1.29 is 0 Å². The fourth-order valence-electron chi connectivity index (χ4n) is 14.6. The first kappa shape index (κ1) is 47.2. The third kappa shape index (κ3) is 7.13. The van der Waals surface area contributed by atoms with E-state index in [1.165, 1.54) is 94.3 Å². The van der Waals surface area contributed by atoms with Crippen LogP contribution in [0, 0.1) is 0 Å². The van der Waals surface area contributed by atoms with Crippen molar-refractivity contribution in [3.63, 3.8) is 0 Å². The average Bonchev–Trinajstić information content (AvgIpc) is 2.00. The molecule has 0 fully saturated rings. The fourth-order valence-corrected chi connectivity index (χ4v) is 14.6. The topological polar surface area (TPSA) is 9.72 Å². The molecule has 13 aromatic rings. The van der Waals surface area contributed by atoms with Crippen molar-refractivity contribution >= 4 is 74.3 Å². The number of benzene rings is 13. The summed E-state index contributed by atoms with van der Waals surface area (Å²) >= 11 is 0. The highest BCUT2D eigenvalue weighted by Crippen LogP contribution is 2.63. The largest absolute Gasteiger partial charge is 0.311 e. The fraction of sp³-hybridized carbons (Fsp3) is 0.0127. The lowest BCUT2D eigenvalue weighted by Gasteiger charge is -2.45. The van der Waals surface area contributed by atoms with Gasteiger partial charge in [-0.3, -0.25) is 0 Å². The van der Waals surface area contributed by atoms with Gasteiger partial charge in [0.15, 0.2) is 0 Å². The Labute approximate surface area is 485 Å². The van der Waals surface area contributed by atoms with Gasteiger partial charge in [-0.2, -0.15) is 0 Å². The van der Waals surface area contributed by atoms with Crippen molar-refractivity contribution in [2.45, 2.75) is 5.41 Å². The molecule has 0 radical (unpaired) electrons. The molecule has 83 heavy (non-hydrogen) atoms. The third-order valence-electron chi connectivity index (χ3n) is 18.0. The second-order valence-corrected chi connectivity index (χ2v) is 22.3. The highest BCUT2D eigenvalue weighted by atomic mass is 15.2. The van der Waals surface area contributed by atoms with Crippen LogP contribution in [0.4, 0.5) is 51.2 Å². The van der Waals surface area contributed by atoms with Crippen molar-refractivity contribution in [1.29, 1.82) is 0 Å². The summed E-state index contributed by atoms with van der Waals surface area (Å²) in [5.41, 5.74) is 30.9. The van der Waals surface area contributed by atoms with Crippen LogP contribution in [-0.2, 0) is 5.41 Å². The number of anilines is 9. The maximum atomic E-state index is 2.60. The molecular formula is C79H52BN3. The molecule has 386 valence electrons. The van der Waals surface area contributed by atoms with Gasteiger partial charge in [-0.25, -0.2) is 0 Å². The van der Waals surface area contributed by atoms with Gasteiger partial charge >= 0.3 is 0 Å². The number of fused-ring (bicyclic) bond motifs is 14. The van der Waals surface area contributed by atoms with Crippen LogP contribution < -0.4 is 31.1 Å². The van der Waals surface area contributed by atoms with E-state index in [1.807, 2.05) is 0 Å². The number of hydrogen-bond donors (Lipinski definition) is 0. The molecule has 0 atom stereocenters. The maximum Gasteiger partial charge on any atom is 0.252 e. The molecule has 0 saturated carbocycles.